The first-order chi connectivity index (χ1) is 9.22. The molecular formula is C12H8F2N4S. The van der Waals surface area contributed by atoms with E-state index >= 15 is 0 Å². The molecule has 0 spiro atoms. The van der Waals surface area contributed by atoms with Crippen molar-refractivity contribution in [1.82, 2.24) is 19.8 Å². The van der Waals surface area contributed by atoms with Gasteiger partial charge in [-0.3, -0.25) is 0 Å². The zero-order chi connectivity index (χ0) is 13.0. The highest BCUT2D eigenvalue weighted by Crippen LogP contribution is 2.42. The fourth-order valence-electron chi connectivity index (χ4n) is 1.96. The van der Waals surface area contributed by atoms with Crippen LogP contribution in [0.15, 0.2) is 18.2 Å². The lowest BCUT2D eigenvalue weighted by Gasteiger charge is -1.99. The van der Waals surface area contributed by atoms with Crippen LogP contribution in [0.5, 0.6) is 0 Å². The predicted molar refractivity (Wildman–Crippen MR) is 66.0 cm³/mol. The van der Waals surface area contributed by atoms with Gasteiger partial charge in [0.15, 0.2) is 5.82 Å². The number of hydrogen-bond acceptors (Lipinski definition) is 4. The minimum Gasteiger partial charge on any atom is -0.207 e. The number of fused-ring (bicyclic) bond motifs is 1. The van der Waals surface area contributed by atoms with Gasteiger partial charge < -0.3 is 0 Å². The summed E-state index contributed by atoms with van der Waals surface area (Å²) in [5.41, 5.74) is 0.0835. The van der Waals surface area contributed by atoms with Crippen molar-refractivity contribution in [2.45, 2.75) is 18.8 Å². The quantitative estimate of drug-likeness (QED) is 0.723. The van der Waals surface area contributed by atoms with E-state index in [9.17, 15) is 8.78 Å². The molecule has 3 aromatic rings. The summed E-state index contributed by atoms with van der Waals surface area (Å²) in [7, 11) is 0. The molecular weight excluding hydrogens is 270 g/mol. The van der Waals surface area contributed by atoms with Gasteiger partial charge in [0, 0.05) is 5.92 Å². The highest BCUT2D eigenvalue weighted by molar-refractivity contribution is 7.16. The first kappa shape index (κ1) is 11.0. The zero-order valence-electron chi connectivity index (χ0n) is 9.68. The molecule has 0 atom stereocenters. The second-order valence-electron chi connectivity index (χ2n) is 4.56. The van der Waals surface area contributed by atoms with E-state index in [0.717, 1.165) is 36.0 Å². The van der Waals surface area contributed by atoms with E-state index in [1.807, 2.05) is 0 Å². The van der Waals surface area contributed by atoms with Gasteiger partial charge in [-0.25, -0.2) is 8.78 Å². The third kappa shape index (κ3) is 1.73. The van der Waals surface area contributed by atoms with Crippen molar-refractivity contribution in [2.75, 3.05) is 0 Å². The van der Waals surface area contributed by atoms with Crippen LogP contribution in [0.4, 0.5) is 8.78 Å². The van der Waals surface area contributed by atoms with Gasteiger partial charge in [0.2, 0.25) is 4.96 Å². The molecule has 1 saturated carbocycles. The molecule has 2 aromatic heterocycles. The van der Waals surface area contributed by atoms with Gasteiger partial charge in [-0.2, -0.15) is 9.61 Å². The van der Waals surface area contributed by atoms with Gasteiger partial charge in [0.05, 0.1) is 5.56 Å². The third-order valence-electron chi connectivity index (χ3n) is 3.10. The van der Waals surface area contributed by atoms with E-state index in [0.29, 0.717) is 10.9 Å². The summed E-state index contributed by atoms with van der Waals surface area (Å²) in [6.45, 7) is 0. The largest absolute Gasteiger partial charge is 0.234 e. The van der Waals surface area contributed by atoms with Gasteiger partial charge in [0.25, 0.3) is 0 Å². The smallest absolute Gasteiger partial charge is 0.207 e. The summed E-state index contributed by atoms with van der Waals surface area (Å²) in [5.74, 6) is -0.297. The molecule has 0 bridgehead atoms. The maximum atomic E-state index is 13.8. The Kier molecular flexibility index (Phi) is 2.20. The van der Waals surface area contributed by atoms with Crippen molar-refractivity contribution in [3.8, 4) is 11.4 Å². The number of rotatable bonds is 2. The van der Waals surface area contributed by atoms with Crippen LogP contribution in [0, 0.1) is 11.6 Å². The Bertz CT molecular complexity index is 775. The Balaban J connectivity index is 1.91. The summed E-state index contributed by atoms with van der Waals surface area (Å²) in [6.07, 6.45) is 2.27. The predicted octanol–water partition coefficient (Wildman–Crippen LogP) is 3.01. The van der Waals surface area contributed by atoms with Crippen LogP contribution in [0.1, 0.15) is 23.8 Å². The molecule has 0 aliphatic heterocycles. The van der Waals surface area contributed by atoms with Crippen LogP contribution < -0.4 is 0 Å². The Labute approximate surface area is 110 Å². The third-order valence-corrected chi connectivity index (χ3v) is 4.16. The highest BCUT2D eigenvalue weighted by atomic mass is 32.1. The topological polar surface area (TPSA) is 43.1 Å². The van der Waals surface area contributed by atoms with E-state index in [-0.39, 0.29) is 11.4 Å². The number of nitrogens with zero attached hydrogens (tertiary/aromatic N) is 4. The molecule has 1 aliphatic rings. The Morgan fingerprint density at radius 2 is 2.05 bits per heavy atom. The molecule has 4 rings (SSSR count). The molecule has 4 nitrogen and oxygen atoms in total. The molecule has 96 valence electrons. The first-order valence-electron chi connectivity index (χ1n) is 5.90. The lowest BCUT2D eigenvalue weighted by Crippen LogP contribution is -1.95. The fourth-order valence-corrected chi connectivity index (χ4v) is 2.97. The average molecular weight is 278 g/mol. The van der Waals surface area contributed by atoms with E-state index in [1.165, 1.54) is 15.9 Å². The molecule has 1 fully saturated rings. The second-order valence-corrected chi connectivity index (χ2v) is 5.54. The minimum atomic E-state index is -0.531. The molecule has 2 heterocycles. The zero-order valence-corrected chi connectivity index (χ0v) is 10.5. The number of benzene rings is 1. The van der Waals surface area contributed by atoms with E-state index in [2.05, 4.69) is 15.3 Å². The molecule has 0 saturated heterocycles. The molecule has 7 heteroatoms. The van der Waals surface area contributed by atoms with Gasteiger partial charge in [-0.05, 0) is 31.0 Å². The maximum absolute atomic E-state index is 13.8. The van der Waals surface area contributed by atoms with Crippen LogP contribution in [-0.2, 0) is 0 Å². The molecule has 1 aromatic carbocycles. The maximum Gasteiger partial charge on any atom is 0.234 e. The average Bonchev–Trinajstić information content (AvgIpc) is 3.04. The van der Waals surface area contributed by atoms with Gasteiger partial charge >= 0.3 is 0 Å². The summed E-state index contributed by atoms with van der Waals surface area (Å²) in [6, 6.07) is 3.27. The van der Waals surface area contributed by atoms with Crippen molar-refractivity contribution in [1.29, 1.82) is 0 Å². The van der Waals surface area contributed by atoms with Crippen LogP contribution in [-0.4, -0.2) is 19.8 Å². The van der Waals surface area contributed by atoms with Gasteiger partial charge in [0.1, 0.15) is 16.6 Å². The van der Waals surface area contributed by atoms with E-state index < -0.39 is 11.6 Å². The summed E-state index contributed by atoms with van der Waals surface area (Å²) >= 11 is 1.46. The van der Waals surface area contributed by atoms with Crippen LogP contribution in [0.3, 0.4) is 0 Å². The van der Waals surface area contributed by atoms with E-state index in [1.54, 1.807) is 0 Å². The Morgan fingerprint density at radius 3 is 2.84 bits per heavy atom. The van der Waals surface area contributed by atoms with Crippen molar-refractivity contribution in [3.05, 3.63) is 34.8 Å². The molecule has 0 N–H and O–H groups in total. The van der Waals surface area contributed by atoms with Gasteiger partial charge in [-0.1, -0.05) is 11.3 Å². The van der Waals surface area contributed by atoms with Crippen molar-refractivity contribution in [3.63, 3.8) is 0 Å². The summed E-state index contributed by atoms with van der Waals surface area (Å²) in [5, 5.41) is 13.3. The molecule has 0 unspecified atom stereocenters. The first-order valence-corrected chi connectivity index (χ1v) is 6.71. The molecule has 19 heavy (non-hydrogen) atoms. The van der Waals surface area contributed by atoms with Crippen LogP contribution in [0.25, 0.3) is 16.3 Å². The van der Waals surface area contributed by atoms with Crippen LogP contribution >= 0.6 is 11.3 Å². The number of aromatic nitrogens is 4. The molecule has 1 aliphatic carbocycles. The molecule has 0 amide bonds. The summed E-state index contributed by atoms with van der Waals surface area (Å²) in [4.78, 5) is 0.612. The van der Waals surface area contributed by atoms with Crippen molar-refractivity contribution < 1.29 is 8.78 Å². The molecule has 0 radical (unpaired) electrons. The summed E-state index contributed by atoms with van der Waals surface area (Å²) < 4.78 is 28.5. The number of hydrogen-bond donors (Lipinski definition) is 0. The monoisotopic (exact) mass is 278 g/mol. The lowest BCUT2D eigenvalue weighted by molar-refractivity contribution is 0.601. The van der Waals surface area contributed by atoms with Crippen molar-refractivity contribution in [2.24, 2.45) is 0 Å². The van der Waals surface area contributed by atoms with E-state index in [4.69, 9.17) is 0 Å². The standard InChI is InChI=1S/C12H8F2N4S/c13-7-3-4-9(14)8(5-7)10-15-16-12-18(10)17-11(19-12)6-1-2-6/h3-6H,1-2H2. The minimum absolute atomic E-state index is 0.0835. The fraction of sp³-hybridized carbons (Fsp3) is 0.250. The second kappa shape index (κ2) is 3.80. The normalized spacial score (nSPS) is 15.3. The number of halogens is 2. The lowest BCUT2D eigenvalue weighted by atomic mass is 10.2. The Morgan fingerprint density at radius 1 is 1.21 bits per heavy atom. The Hall–Kier alpha value is -1.89. The highest BCUT2D eigenvalue weighted by Gasteiger charge is 2.29. The van der Waals surface area contributed by atoms with Crippen molar-refractivity contribution >= 4 is 16.3 Å². The van der Waals surface area contributed by atoms with Gasteiger partial charge in [-0.15, -0.1) is 10.2 Å². The van der Waals surface area contributed by atoms with Crippen LogP contribution in [0.2, 0.25) is 0 Å². The SMILES string of the molecule is Fc1ccc(F)c(-c2nnc3sc(C4CC4)nn23)c1.